The number of sulfone groups is 1. The zero-order chi connectivity index (χ0) is 24.8. The predicted molar refractivity (Wildman–Crippen MR) is 151 cm³/mol. The molecule has 2 aromatic carbocycles. The number of thiazole rings is 1. The highest BCUT2D eigenvalue weighted by Crippen LogP contribution is 2.31. The molecule has 0 N–H and O–H groups in total. The zero-order valence-corrected chi connectivity index (χ0v) is 23.8. The van der Waals surface area contributed by atoms with Crippen LogP contribution in [0, 0.1) is 6.92 Å². The van der Waals surface area contributed by atoms with E-state index in [0.717, 1.165) is 36.5 Å². The number of aryl methyl sites for hydroxylation is 1. The second-order valence-corrected chi connectivity index (χ2v) is 12.9. The second kappa shape index (κ2) is 13.2. The maximum Gasteiger partial charge on any atom is 0.228 e. The lowest BCUT2D eigenvalue weighted by molar-refractivity contribution is -0.118. The molecule has 0 spiro atoms. The number of morpholine rings is 1. The van der Waals surface area contributed by atoms with E-state index in [1.54, 1.807) is 34.9 Å². The molecule has 0 aliphatic carbocycles. The van der Waals surface area contributed by atoms with Crippen molar-refractivity contribution in [3.8, 4) is 0 Å². The molecule has 0 bridgehead atoms. The van der Waals surface area contributed by atoms with Crippen LogP contribution in [-0.2, 0) is 19.4 Å². The van der Waals surface area contributed by atoms with E-state index < -0.39 is 9.84 Å². The summed E-state index contributed by atoms with van der Waals surface area (Å²) < 4.78 is 30.1. The van der Waals surface area contributed by atoms with Gasteiger partial charge in [-0.05, 0) is 49.4 Å². The number of fused-ring (bicyclic) bond motifs is 1. The number of aromatic nitrogens is 1. The molecule has 196 valence electrons. The number of rotatable bonds is 10. The zero-order valence-electron chi connectivity index (χ0n) is 20.5. The molecule has 4 rings (SSSR count). The molecule has 1 aliphatic rings. The fourth-order valence-corrected chi connectivity index (χ4v) is 6.44. The van der Waals surface area contributed by atoms with Crippen LogP contribution in [-0.4, -0.2) is 75.6 Å². The van der Waals surface area contributed by atoms with Crippen LogP contribution in [0.3, 0.4) is 0 Å². The van der Waals surface area contributed by atoms with Crippen LogP contribution < -0.4 is 4.90 Å². The molecular formula is C25H32ClN3O4S3. The van der Waals surface area contributed by atoms with Gasteiger partial charge >= 0.3 is 0 Å². The Morgan fingerprint density at radius 3 is 2.58 bits per heavy atom. The Morgan fingerprint density at radius 2 is 1.89 bits per heavy atom. The third kappa shape index (κ3) is 7.90. The first kappa shape index (κ1) is 28.9. The van der Waals surface area contributed by atoms with Crippen LogP contribution >= 0.6 is 35.5 Å². The summed E-state index contributed by atoms with van der Waals surface area (Å²) in [5, 5.41) is 0.620. The van der Waals surface area contributed by atoms with Crippen molar-refractivity contribution >= 4 is 66.6 Å². The highest BCUT2D eigenvalue weighted by molar-refractivity contribution is 7.99. The molecule has 0 atom stereocenters. The van der Waals surface area contributed by atoms with E-state index in [9.17, 15) is 13.2 Å². The van der Waals surface area contributed by atoms with E-state index in [0.29, 0.717) is 36.8 Å². The summed E-state index contributed by atoms with van der Waals surface area (Å²) in [4.78, 5) is 23.5. The Balaban J connectivity index is 0.00000361. The molecule has 7 nitrogen and oxygen atoms in total. The van der Waals surface area contributed by atoms with Crippen molar-refractivity contribution in [2.45, 2.75) is 29.6 Å². The van der Waals surface area contributed by atoms with Gasteiger partial charge in [0, 0.05) is 43.8 Å². The quantitative estimate of drug-likeness (QED) is 0.259. The van der Waals surface area contributed by atoms with E-state index in [4.69, 9.17) is 4.74 Å². The van der Waals surface area contributed by atoms with Gasteiger partial charge in [-0.2, -0.15) is 0 Å². The van der Waals surface area contributed by atoms with Crippen LogP contribution in [0.4, 0.5) is 5.13 Å². The summed E-state index contributed by atoms with van der Waals surface area (Å²) >= 11 is 3.13. The standard InChI is InChI=1S/C25H31N3O4S3.ClH/c1-19-5-7-20(8-6-19)33-17-3-4-24(29)28(12-11-27-13-15-32-16-14-27)25-26-22-10-9-21(35(2,30)31)18-23(22)34-25;/h5-10,18H,3-4,11-17H2,1-2H3;1H. The number of benzene rings is 2. The highest BCUT2D eigenvalue weighted by Gasteiger charge is 2.22. The molecule has 1 amide bonds. The lowest BCUT2D eigenvalue weighted by Crippen LogP contribution is -2.43. The van der Waals surface area contributed by atoms with Crippen molar-refractivity contribution in [1.29, 1.82) is 0 Å². The molecule has 1 aliphatic heterocycles. The maximum absolute atomic E-state index is 13.3. The molecule has 36 heavy (non-hydrogen) atoms. The van der Waals surface area contributed by atoms with Gasteiger partial charge in [0.05, 0.1) is 28.3 Å². The number of hydrogen-bond donors (Lipinski definition) is 0. The minimum atomic E-state index is -3.31. The van der Waals surface area contributed by atoms with E-state index >= 15 is 0 Å². The van der Waals surface area contributed by atoms with Crippen LogP contribution in [0.2, 0.25) is 0 Å². The SMILES string of the molecule is Cc1ccc(SCCCC(=O)N(CCN2CCOCC2)c2nc3ccc(S(C)(=O)=O)cc3s2)cc1.Cl. The summed E-state index contributed by atoms with van der Waals surface area (Å²) in [5.74, 6) is 0.911. The first-order chi connectivity index (χ1) is 16.8. The average Bonchev–Trinajstić information content (AvgIpc) is 3.26. The fraction of sp³-hybridized carbons (Fsp3) is 0.440. The van der Waals surface area contributed by atoms with Gasteiger partial charge < -0.3 is 4.74 Å². The van der Waals surface area contributed by atoms with Crippen molar-refractivity contribution < 1.29 is 17.9 Å². The Labute approximate surface area is 227 Å². The molecule has 0 saturated carbocycles. The largest absolute Gasteiger partial charge is 0.379 e. The van der Waals surface area contributed by atoms with Crippen molar-refractivity contribution in [3.05, 3.63) is 48.0 Å². The second-order valence-electron chi connectivity index (χ2n) is 8.66. The fourth-order valence-electron chi connectivity index (χ4n) is 3.81. The Morgan fingerprint density at radius 1 is 1.17 bits per heavy atom. The number of hydrogen-bond acceptors (Lipinski definition) is 8. The number of anilines is 1. The van der Waals surface area contributed by atoms with Crippen molar-refractivity contribution in [2.75, 3.05) is 56.3 Å². The molecule has 1 fully saturated rings. The molecule has 1 saturated heterocycles. The summed E-state index contributed by atoms with van der Waals surface area (Å²) in [5.41, 5.74) is 1.94. The number of amides is 1. The molecular weight excluding hydrogens is 538 g/mol. The topological polar surface area (TPSA) is 79.8 Å². The normalized spacial score (nSPS) is 14.5. The van der Waals surface area contributed by atoms with Gasteiger partial charge in [0.1, 0.15) is 0 Å². The summed E-state index contributed by atoms with van der Waals surface area (Å²) in [7, 11) is -3.31. The first-order valence-electron chi connectivity index (χ1n) is 11.7. The summed E-state index contributed by atoms with van der Waals surface area (Å²) in [6.07, 6.45) is 2.41. The number of carbonyl (C=O) groups excluding carboxylic acids is 1. The van der Waals surface area contributed by atoms with Gasteiger partial charge in [-0.1, -0.05) is 29.0 Å². The lowest BCUT2D eigenvalue weighted by Gasteiger charge is -2.29. The first-order valence-corrected chi connectivity index (χ1v) is 15.4. The van der Waals surface area contributed by atoms with Crippen LogP contribution in [0.15, 0.2) is 52.3 Å². The number of nitrogens with zero attached hydrogens (tertiary/aromatic N) is 3. The van der Waals surface area contributed by atoms with Gasteiger partial charge in [0.2, 0.25) is 5.91 Å². The van der Waals surface area contributed by atoms with Gasteiger partial charge in [-0.25, -0.2) is 13.4 Å². The van der Waals surface area contributed by atoms with E-state index in [-0.39, 0.29) is 23.2 Å². The number of halogens is 1. The number of thioether (sulfide) groups is 1. The molecule has 0 unspecified atom stereocenters. The van der Waals surface area contributed by atoms with E-state index in [2.05, 4.69) is 41.1 Å². The van der Waals surface area contributed by atoms with E-state index in [1.807, 2.05) is 0 Å². The van der Waals surface area contributed by atoms with Crippen molar-refractivity contribution in [1.82, 2.24) is 9.88 Å². The maximum atomic E-state index is 13.3. The van der Waals surface area contributed by atoms with Gasteiger partial charge in [-0.15, -0.1) is 24.2 Å². The summed E-state index contributed by atoms with van der Waals surface area (Å²) in [6.45, 7) is 6.49. The van der Waals surface area contributed by atoms with E-state index in [1.165, 1.54) is 28.1 Å². The van der Waals surface area contributed by atoms with Gasteiger partial charge in [0.15, 0.2) is 15.0 Å². The monoisotopic (exact) mass is 569 g/mol. The molecule has 0 radical (unpaired) electrons. The molecule has 1 aromatic heterocycles. The third-order valence-electron chi connectivity index (χ3n) is 5.88. The third-order valence-corrected chi connectivity index (χ3v) is 9.13. The van der Waals surface area contributed by atoms with Gasteiger partial charge in [0.25, 0.3) is 0 Å². The highest BCUT2D eigenvalue weighted by atomic mass is 35.5. The number of ether oxygens (including phenoxy) is 1. The average molecular weight is 570 g/mol. The van der Waals surface area contributed by atoms with Crippen LogP contribution in [0.25, 0.3) is 10.2 Å². The minimum Gasteiger partial charge on any atom is -0.379 e. The van der Waals surface area contributed by atoms with Gasteiger partial charge in [-0.3, -0.25) is 14.6 Å². The molecule has 11 heteroatoms. The van der Waals surface area contributed by atoms with Crippen LogP contribution in [0.5, 0.6) is 0 Å². The molecule has 2 heterocycles. The Kier molecular flexibility index (Phi) is 10.6. The minimum absolute atomic E-state index is 0. The lowest BCUT2D eigenvalue weighted by atomic mass is 10.2. The van der Waals surface area contributed by atoms with Crippen LogP contribution in [0.1, 0.15) is 18.4 Å². The summed E-state index contributed by atoms with van der Waals surface area (Å²) in [6, 6.07) is 13.4. The predicted octanol–water partition coefficient (Wildman–Crippen LogP) is 4.67. The van der Waals surface area contributed by atoms with Crippen molar-refractivity contribution in [3.63, 3.8) is 0 Å². The molecule has 3 aromatic rings. The smallest absolute Gasteiger partial charge is 0.228 e. The van der Waals surface area contributed by atoms with Crippen molar-refractivity contribution in [2.24, 2.45) is 0 Å². The Bertz CT molecular complexity index is 1260. The Hall–Kier alpha value is -1.69. The number of carbonyl (C=O) groups is 1.